The molecule has 0 atom stereocenters. The van der Waals surface area contributed by atoms with E-state index in [1.54, 1.807) is 0 Å². The number of rotatable bonds is 4. The molecular weight excluding hydrogens is 186 g/mol. The van der Waals surface area contributed by atoms with Crippen LogP contribution >= 0.6 is 0 Å². The van der Waals surface area contributed by atoms with Crippen LogP contribution in [0.15, 0.2) is 18.5 Å². The second-order valence-corrected chi connectivity index (χ2v) is 3.74. The molecule has 0 spiro atoms. The average Bonchev–Trinajstić information content (AvgIpc) is 2.63. The maximum atomic E-state index is 4.62. The van der Waals surface area contributed by atoms with Gasteiger partial charge in [-0.25, -0.2) is 4.98 Å². The number of pyridine rings is 1. The van der Waals surface area contributed by atoms with Gasteiger partial charge in [0.15, 0.2) is 0 Å². The zero-order valence-electron chi connectivity index (χ0n) is 9.40. The molecule has 0 saturated heterocycles. The third-order valence-corrected chi connectivity index (χ3v) is 2.70. The summed E-state index contributed by atoms with van der Waals surface area (Å²) < 4.78 is 2.28. The normalized spacial score (nSPS) is 11.1. The van der Waals surface area contributed by atoms with Gasteiger partial charge in [-0.3, -0.25) is 4.98 Å². The Morgan fingerprint density at radius 3 is 2.93 bits per heavy atom. The van der Waals surface area contributed by atoms with Crippen LogP contribution in [0.5, 0.6) is 0 Å². The number of fused-ring (bicyclic) bond motifs is 1. The highest BCUT2D eigenvalue weighted by Gasteiger charge is 2.07. The smallest absolute Gasteiger partial charge is 0.109 e. The van der Waals surface area contributed by atoms with Crippen molar-refractivity contribution in [2.75, 3.05) is 0 Å². The maximum absolute atomic E-state index is 4.62. The molecule has 15 heavy (non-hydrogen) atoms. The summed E-state index contributed by atoms with van der Waals surface area (Å²) in [5, 5.41) is 0. The standard InChI is InChI=1S/C12H17N3/c1-3-5-6-12-14-10-9-13-8-7-11(10)15(12)4-2/h7-9H,3-6H2,1-2H3. The molecule has 0 saturated carbocycles. The Kier molecular flexibility index (Phi) is 2.99. The lowest BCUT2D eigenvalue weighted by Crippen LogP contribution is -2.01. The van der Waals surface area contributed by atoms with Crippen LogP contribution < -0.4 is 0 Å². The van der Waals surface area contributed by atoms with E-state index < -0.39 is 0 Å². The van der Waals surface area contributed by atoms with Gasteiger partial charge in [0.05, 0.1) is 11.7 Å². The molecule has 0 unspecified atom stereocenters. The molecule has 0 amide bonds. The zero-order valence-corrected chi connectivity index (χ0v) is 9.40. The van der Waals surface area contributed by atoms with Gasteiger partial charge in [0.25, 0.3) is 0 Å². The molecule has 3 nitrogen and oxygen atoms in total. The van der Waals surface area contributed by atoms with Crippen LogP contribution in [0.4, 0.5) is 0 Å². The number of aryl methyl sites for hydroxylation is 2. The van der Waals surface area contributed by atoms with Gasteiger partial charge in [-0.15, -0.1) is 0 Å². The van der Waals surface area contributed by atoms with Gasteiger partial charge in [-0.1, -0.05) is 13.3 Å². The molecule has 3 heteroatoms. The zero-order chi connectivity index (χ0) is 10.7. The SMILES string of the molecule is CCCCc1nc2cnccc2n1CC. The number of aromatic nitrogens is 3. The number of hydrogen-bond donors (Lipinski definition) is 0. The first-order valence-electron chi connectivity index (χ1n) is 5.66. The Labute approximate surface area is 90.2 Å². The lowest BCUT2D eigenvalue weighted by molar-refractivity contribution is 0.675. The predicted octanol–water partition coefficient (Wildman–Crippen LogP) is 2.79. The summed E-state index contributed by atoms with van der Waals surface area (Å²) in [6.45, 7) is 5.36. The van der Waals surface area contributed by atoms with Crippen LogP contribution in [0.2, 0.25) is 0 Å². The van der Waals surface area contributed by atoms with Crippen LogP contribution in [-0.2, 0) is 13.0 Å². The van der Waals surface area contributed by atoms with Crippen LogP contribution in [-0.4, -0.2) is 14.5 Å². The Morgan fingerprint density at radius 1 is 1.33 bits per heavy atom. The van der Waals surface area contributed by atoms with Gasteiger partial charge >= 0.3 is 0 Å². The van der Waals surface area contributed by atoms with Crippen LogP contribution in [0.25, 0.3) is 11.0 Å². The van der Waals surface area contributed by atoms with Crippen molar-refractivity contribution in [2.24, 2.45) is 0 Å². The van der Waals surface area contributed by atoms with Gasteiger partial charge in [-0.2, -0.15) is 0 Å². The quantitative estimate of drug-likeness (QED) is 0.765. The minimum atomic E-state index is 0.986. The second kappa shape index (κ2) is 4.43. The van der Waals surface area contributed by atoms with Crippen molar-refractivity contribution in [1.82, 2.24) is 14.5 Å². The molecule has 2 rings (SSSR count). The van der Waals surface area contributed by atoms with Crippen molar-refractivity contribution in [3.05, 3.63) is 24.3 Å². The summed E-state index contributed by atoms with van der Waals surface area (Å²) in [5.74, 6) is 1.20. The van der Waals surface area contributed by atoms with Gasteiger partial charge in [0.1, 0.15) is 11.3 Å². The van der Waals surface area contributed by atoms with E-state index in [0.29, 0.717) is 0 Å². The summed E-state index contributed by atoms with van der Waals surface area (Å²) in [6.07, 6.45) is 7.16. The molecule has 0 aromatic carbocycles. The van der Waals surface area contributed by atoms with E-state index in [1.165, 1.54) is 24.2 Å². The average molecular weight is 203 g/mol. The topological polar surface area (TPSA) is 30.7 Å². The monoisotopic (exact) mass is 203 g/mol. The minimum Gasteiger partial charge on any atom is -0.328 e. The highest BCUT2D eigenvalue weighted by Crippen LogP contribution is 2.16. The first kappa shape index (κ1) is 10.1. The first-order chi connectivity index (χ1) is 7.36. The van der Waals surface area contributed by atoms with Crippen molar-refractivity contribution in [3.8, 4) is 0 Å². The molecule has 0 aliphatic carbocycles. The van der Waals surface area contributed by atoms with E-state index in [2.05, 4.69) is 28.4 Å². The summed E-state index contributed by atoms with van der Waals surface area (Å²) in [5.41, 5.74) is 2.23. The third-order valence-electron chi connectivity index (χ3n) is 2.70. The molecule has 0 aliphatic rings. The van der Waals surface area contributed by atoms with E-state index >= 15 is 0 Å². The predicted molar refractivity (Wildman–Crippen MR) is 61.8 cm³/mol. The van der Waals surface area contributed by atoms with Crippen LogP contribution in [0.1, 0.15) is 32.5 Å². The number of unbranched alkanes of at least 4 members (excludes halogenated alkanes) is 1. The molecule has 0 fully saturated rings. The lowest BCUT2D eigenvalue weighted by Gasteiger charge is -2.04. The Bertz CT molecular complexity index is 445. The first-order valence-corrected chi connectivity index (χ1v) is 5.66. The van der Waals surface area contributed by atoms with Crippen LogP contribution in [0, 0.1) is 0 Å². The van der Waals surface area contributed by atoms with Crippen molar-refractivity contribution in [2.45, 2.75) is 39.7 Å². The molecule has 0 aliphatic heterocycles. The maximum Gasteiger partial charge on any atom is 0.109 e. The molecule has 0 radical (unpaired) electrons. The number of nitrogens with zero attached hydrogens (tertiary/aromatic N) is 3. The largest absolute Gasteiger partial charge is 0.328 e. The Hall–Kier alpha value is -1.38. The highest BCUT2D eigenvalue weighted by atomic mass is 15.1. The van der Waals surface area contributed by atoms with Gasteiger partial charge in [0.2, 0.25) is 0 Å². The molecule has 0 N–H and O–H groups in total. The molecule has 2 aromatic rings. The van der Waals surface area contributed by atoms with E-state index in [9.17, 15) is 0 Å². The van der Waals surface area contributed by atoms with Crippen LogP contribution in [0.3, 0.4) is 0 Å². The molecule has 80 valence electrons. The molecule has 2 heterocycles. The Balaban J connectivity index is 2.44. The Morgan fingerprint density at radius 2 is 2.20 bits per heavy atom. The fourth-order valence-electron chi connectivity index (χ4n) is 1.91. The van der Waals surface area contributed by atoms with Crippen molar-refractivity contribution >= 4 is 11.0 Å². The van der Waals surface area contributed by atoms with E-state index in [0.717, 1.165) is 18.5 Å². The van der Waals surface area contributed by atoms with Gasteiger partial charge < -0.3 is 4.57 Å². The summed E-state index contributed by atoms with van der Waals surface area (Å²) in [6, 6.07) is 2.04. The van der Waals surface area contributed by atoms with E-state index in [-0.39, 0.29) is 0 Å². The third kappa shape index (κ3) is 1.87. The van der Waals surface area contributed by atoms with Crippen molar-refractivity contribution < 1.29 is 0 Å². The minimum absolute atomic E-state index is 0.986. The summed E-state index contributed by atoms with van der Waals surface area (Å²) in [4.78, 5) is 8.73. The highest BCUT2D eigenvalue weighted by molar-refractivity contribution is 5.74. The molecule has 2 aromatic heterocycles. The number of imidazole rings is 1. The van der Waals surface area contributed by atoms with E-state index in [4.69, 9.17) is 0 Å². The molecule has 0 bridgehead atoms. The summed E-state index contributed by atoms with van der Waals surface area (Å²) in [7, 11) is 0. The van der Waals surface area contributed by atoms with Crippen molar-refractivity contribution in [3.63, 3.8) is 0 Å². The molecular formula is C12H17N3. The van der Waals surface area contributed by atoms with E-state index in [1.807, 2.05) is 18.5 Å². The summed E-state index contributed by atoms with van der Waals surface area (Å²) >= 11 is 0. The fourth-order valence-corrected chi connectivity index (χ4v) is 1.91. The van der Waals surface area contributed by atoms with Gasteiger partial charge in [-0.05, 0) is 19.4 Å². The fraction of sp³-hybridized carbons (Fsp3) is 0.500. The van der Waals surface area contributed by atoms with Crippen molar-refractivity contribution in [1.29, 1.82) is 0 Å². The lowest BCUT2D eigenvalue weighted by atomic mass is 10.2. The number of hydrogen-bond acceptors (Lipinski definition) is 2. The second-order valence-electron chi connectivity index (χ2n) is 3.74. The van der Waals surface area contributed by atoms with Gasteiger partial charge in [0, 0.05) is 19.2 Å².